The van der Waals surface area contributed by atoms with Crippen LogP contribution in [0.3, 0.4) is 0 Å². The molecule has 3 heterocycles. The van der Waals surface area contributed by atoms with Crippen molar-refractivity contribution in [2.75, 3.05) is 6.79 Å². The van der Waals surface area contributed by atoms with Gasteiger partial charge in [0.1, 0.15) is 5.82 Å². The number of rotatable bonds is 5. The number of nitrogens with zero attached hydrogens (tertiary/aromatic N) is 2. The molecule has 7 nitrogen and oxygen atoms in total. The number of ether oxygens (including phenoxy) is 2. The molecule has 1 aliphatic rings. The van der Waals surface area contributed by atoms with Gasteiger partial charge in [-0.1, -0.05) is 36.4 Å². The van der Waals surface area contributed by atoms with Crippen LogP contribution in [0.1, 0.15) is 21.9 Å². The van der Waals surface area contributed by atoms with Gasteiger partial charge in [0.2, 0.25) is 6.79 Å². The van der Waals surface area contributed by atoms with E-state index in [-0.39, 0.29) is 19.2 Å². The third kappa shape index (κ3) is 4.08. The molecule has 6 rings (SSSR count). The first-order valence-electron chi connectivity index (χ1n) is 11.3. The fourth-order valence-electron chi connectivity index (χ4n) is 4.22. The van der Waals surface area contributed by atoms with Crippen LogP contribution < -0.4 is 14.8 Å². The highest BCUT2D eigenvalue weighted by Crippen LogP contribution is 2.38. The number of pyridine rings is 1. The Morgan fingerprint density at radius 2 is 1.77 bits per heavy atom. The lowest BCUT2D eigenvalue weighted by Gasteiger charge is -2.05. The minimum absolute atomic E-state index is 0.160. The Morgan fingerprint density at radius 1 is 0.914 bits per heavy atom. The van der Waals surface area contributed by atoms with Gasteiger partial charge >= 0.3 is 0 Å². The molecule has 5 aromatic rings. The van der Waals surface area contributed by atoms with Crippen molar-refractivity contribution in [2.24, 2.45) is 0 Å². The predicted octanol–water partition coefficient (Wildman–Crippen LogP) is 5.26. The minimum Gasteiger partial charge on any atom is -0.454 e. The Hall–Kier alpha value is -4.65. The van der Waals surface area contributed by atoms with Crippen LogP contribution in [-0.4, -0.2) is 27.7 Å². The fraction of sp³-hybridized carbons (Fsp3) is 0.107. The number of hydrogen-bond donors (Lipinski definition) is 2. The Morgan fingerprint density at radius 3 is 2.66 bits per heavy atom. The Kier molecular flexibility index (Phi) is 5.15. The summed E-state index contributed by atoms with van der Waals surface area (Å²) in [4.78, 5) is 25.7. The standard InChI is InChI=1S/C28H22N4O3/c1-17-5-4-8-22(30-17)27-26(20-11-12-23-24(14-20)35-16-34-23)31-25(32-27)15-29-28(33)21-10-9-18-6-2-3-7-19(18)13-21/h2-14H,15-16H2,1H3,(H,29,33)(H,31,32). The van der Waals surface area contributed by atoms with Gasteiger partial charge in [-0.2, -0.15) is 0 Å². The number of aryl methyl sites for hydroxylation is 1. The molecule has 0 spiro atoms. The molecule has 0 unspecified atom stereocenters. The molecule has 35 heavy (non-hydrogen) atoms. The maximum absolute atomic E-state index is 12.9. The molecule has 0 saturated carbocycles. The van der Waals surface area contributed by atoms with Crippen LogP contribution >= 0.6 is 0 Å². The quantitative estimate of drug-likeness (QED) is 0.372. The number of carbonyl (C=O) groups excluding carboxylic acids is 1. The van der Waals surface area contributed by atoms with Gasteiger partial charge in [-0.05, 0) is 60.2 Å². The molecule has 3 aromatic carbocycles. The maximum Gasteiger partial charge on any atom is 0.251 e. The van der Waals surface area contributed by atoms with Crippen LogP contribution in [0, 0.1) is 6.92 Å². The van der Waals surface area contributed by atoms with Gasteiger partial charge in [-0.15, -0.1) is 0 Å². The number of nitrogens with one attached hydrogen (secondary N) is 2. The van der Waals surface area contributed by atoms with Crippen molar-refractivity contribution in [2.45, 2.75) is 13.5 Å². The highest BCUT2D eigenvalue weighted by atomic mass is 16.7. The number of amides is 1. The predicted molar refractivity (Wildman–Crippen MR) is 133 cm³/mol. The monoisotopic (exact) mass is 462 g/mol. The molecule has 0 saturated heterocycles. The van der Waals surface area contributed by atoms with Gasteiger partial charge in [-0.25, -0.2) is 4.98 Å². The van der Waals surface area contributed by atoms with E-state index in [1.165, 1.54) is 0 Å². The minimum atomic E-state index is -0.160. The Labute approximate surface area is 201 Å². The van der Waals surface area contributed by atoms with E-state index in [4.69, 9.17) is 14.5 Å². The topological polar surface area (TPSA) is 89.1 Å². The van der Waals surface area contributed by atoms with Crippen LogP contribution in [0.25, 0.3) is 33.4 Å². The van der Waals surface area contributed by atoms with Crippen molar-refractivity contribution in [1.29, 1.82) is 0 Å². The van der Waals surface area contributed by atoms with Crippen molar-refractivity contribution in [3.63, 3.8) is 0 Å². The summed E-state index contributed by atoms with van der Waals surface area (Å²) in [6.45, 7) is 2.40. The lowest BCUT2D eigenvalue weighted by molar-refractivity contribution is 0.0950. The van der Waals surface area contributed by atoms with Gasteiger partial charge < -0.3 is 19.8 Å². The second-order valence-electron chi connectivity index (χ2n) is 8.38. The molecule has 172 valence electrons. The Balaban J connectivity index is 1.31. The molecule has 2 aromatic heterocycles. The maximum atomic E-state index is 12.9. The number of benzene rings is 3. The van der Waals surface area contributed by atoms with Gasteiger partial charge in [0.15, 0.2) is 11.5 Å². The molecule has 0 radical (unpaired) electrons. The third-order valence-electron chi connectivity index (χ3n) is 5.97. The first kappa shape index (κ1) is 20.9. The van der Waals surface area contributed by atoms with Crippen LogP contribution in [0.4, 0.5) is 0 Å². The van der Waals surface area contributed by atoms with Crippen molar-refractivity contribution < 1.29 is 14.3 Å². The third-order valence-corrected chi connectivity index (χ3v) is 5.97. The zero-order chi connectivity index (χ0) is 23.8. The van der Waals surface area contributed by atoms with E-state index < -0.39 is 0 Å². The largest absolute Gasteiger partial charge is 0.454 e. The molecule has 7 heteroatoms. The van der Waals surface area contributed by atoms with E-state index in [1.807, 2.05) is 85.8 Å². The number of hydrogen-bond acceptors (Lipinski definition) is 5. The van der Waals surface area contributed by atoms with Crippen molar-refractivity contribution in [3.8, 4) is 34.1 Å². The molecular formula is C28H22N4O3. The summed E-state index contributed by atoms with van der Waals surface area (Å²) in [5, 5.41) is 5.10. The van der Waals surface area contributed by atoms with Gasteiger partial charge in [0.05, 0.1) is 23.6 Å². The van der Waals surface area contributed by atoms with Gasteiger partial charge in [0, 0.05) is 16.8 Å². The fourth-order valence-corrected chi connectivity index (χ4v) is 4.22. The number of imidazole rings is 1. The number of carbonyl (C=O) groups is 1. The number of fused-ring (bicyclic) bond motifs is 2. The summed E-state index contributed by atoms with van der Waals surface area (Å²) in [6, 6.07) is 25.2. The van der Waals surface area contributed by atoms with Crippen molar-refractivity contribution in [3.05, 3.63) is 95.9 Å². The first-order valence-corrected chi connectivity index (χ1v) is 11.3. The molecule has 0 aliphatic carbocycles. The summed E-state index contributed by atoms with van der Waals surface area (Å²) in [7, 11) is 0. The van der Waals surface area contributed by atoms with E-state index in [9.17, 15) is 4.79 Å². The van der Waals surface area contributed by atoms with Gasteiger partial charge in [0.25, 0.3) is 5.91 Å². The molecular weight excluding hydrogens is 440 g/mol. The summed E-state index contributed by atoms with van der Waals surface area (Å²) < 4.78 is 11.0. The van der Waals surface area contributed by atoms with Crippen LogP contribution in [0.5, 0.6) is 11.5 Å². The van der Waals surface area contributed by atoms with E-state index >= 15 is 0 Å². The highest BCUT2D eigenvalue weighted by Gasteiger charge is 2.20. The molecule has 0 bridgehead atoms. The summed E-state index contributed by atoms with van der Waals surface area (Å²) in [6.07, 6.45) is 0. The molecule has 1 amide bonds. The summed E-state index contributed by atoms with van der Waals surface area (Å²) in [5.74, 6) is 1.86. The van der Waals surface area contributed by atoms with E-state index in [0.29, 0.717) is 22.9 Å². The SMILES string of the molecule is Cc1cccc(-c2[nH]c(CNC(=O)c3ccc4ccccc4c3)nc2-c2ccc3c(c2)OCO3)n1. The zero-order valence-electron chi connectivity index (χ0n) is 19.0. The molecule has 0 atom stereocenters. The molecule has 1 aliphatic heterocycles. The molecule has 0 fully saturated rings. The van der Waals surface area contributed by atoms with Crippen molar-refractivity contribution >= 4 is 16.7 Å². The van der Waals surface area contributed by atoms with Crippen LogP contribution in [0.2, 0.25) is 0 Å². The number of aromatic nitrogens is 3. The average molecular weight is 463 g/mol. The first-order chi connectivity index (χ1) is 17.1. The number of aromatic amines is 1. The van der Waals surface area contributed by atoms with Crippen LogP contribution in [0.15, 0.2) is 78.9 Å². The second kappa shape index (κ2) is 8.61. The average Bonchev–Trinajstić information content (AvgIpc) is 3.53. The lowest BCUT2D eigenvalue weighted by atomic mass is 10.1. The van der Waals surface area contributed by atoms with Gasteiger partial charge in [-0.3, -0.25) is 9.78 Å². The number of H-pyrrole nitrogens is 1. The smallest absolute Gasteiger partial charge is 0.251 e. The lowest BCUT2D eigenvalue weighted by Crippen LogP contribution is -2.23. The summed E-state index contributed by atoms with van der Waals surface area (Å²) >= 11 is 0. The highest BCUT2D eigenvalue weighted by molar-refractivity contribution is 5.98. The van der Waals surface area contributed by atoms with E-state index in [2.05, 4.69) is 15.3 Å². The van der Waals surface area contributed by atoms with Crippen LogP contribution in [-0.2, 0) is 6.54 Å². The Bertz CT molecular complexity index is 1570. The van der Waals surface area contributed by atoms with E-state index in [0.717, 1.165) is 39.1 Å². The normalized spacial score (nSPS) is 12.1. The molecule has 2 N–H and O–H groups in total. The summed E-state index contributed by atoms with van der Waals surface area (Å²) in [5.41, 5.74) is 4.67. The van der Waals surface area contributed by atoms with E-state index in [1.54, 1.807) is 0 Å². The second-order valence-corrected chi connectivity index (χ2v) is 8.38. The zero-order valence-corrected chi connectivity index (χ0v) is 19.0. The van der Waals surface area contributed by atoms with Crippen molar-refractivity contribution in [1.82, 2.24) is 20.3 Å².